The molecule has 0 spiro atoms. The van der Waals surface area contributed by atoms with Crippen molar-refractivity contribution in [2.75, 3.05) is 32.9 Å². The zero-order valence-corrected chi connectivity index (χ0v) is 14.5. The zero-order valence-electron chi connectivity index (χ0n) is 14.5. The third-order valence-corrected chi connectivity index (χ3v) is 4.19. The molecule has 134 valence electrons. The molecule has 7 nitrogen and oxygen atoms in total. The topological polar surface area (TPSA) is 76.8 Å². The maximum atomic E-state index is 12.7. The number of carbonyl (C=O) groups is 1. The summed E-state index contributed by atoms with van der Waals surface area (Å²) in [5, 5.41) is 10.9. The first kappa shape index (κ1) is 17.4. The van der Waals surface area contributed by atoms with E-state index in [1.54, 1.807) is 28.9 Å². The number of imidazole rings is 1. The molecule has 2 heterocycles. The van der Waals surface area contributed by atoms with E-state index in [9.17, 15) is 9.90 Å². The predicted molar refractivity (Wildman–Crippen MR) is 91.6 cm³/mol. The molecule has 1 aliphatic heterocycles. The molecular formula is C18H23N3O4. The van der Waals surface area contributed by atoms with E-state index in [4.69, 9.17) is 9.47 Å². The Hall–Kier alpha value is -2.38. The molecule has 0 bridgehead atoms. The first-order chi connectivity index (χ1) is 12.0. The van der Waals surface area contributed by atoms with E-state index in [1.165, 1.54) is 0 Å². The summed E-state index contributed by atoms with van der Waals surface area (Å²) in [5.74, 6) is 0.778. The molecule has 1 fully saturated rings. The van der Waals surface area contributed by atoms with Crippen molar-refractivity contribution in [1.82, 2.24) is 14.5 Å². The van der Waals surface area contributed by atoms with Gasteiger partial charge < -0.3 is 24.0 Å². The summed E-state index contributed by atoms with van der Waals surface area (Å²) in [6.07, 6.45) is 3.29. The molecule has 2 aromatic rings. The molecule has 1 aliphatic rings. The smallest absolute Gasteiger partial charge is 0.290 e. The van der Waals surface area contributed by atoms with Gasteiger partial charge in [0, 0.05) is 26.0 Å². The molecule has 0 radical (unpaired) electrons. The molecule has 25 heavy (non-hydrogen) atoms. The van der Waals surface area contributed by atoms with Gasteiger partial charge in [0.15, 0.2) is 5.82 Å². The molecule has 0 unspecified atom stereocenters. The Labute approximate surface area is 146 Å². The van der Waals surface area contributed by atoms with Gasteiger partial charge in [-0.2, -0.15) is 0 Å². The second kappa shape index (κ2) is 7.25. The summed E-state index contributed by atoms with van der Waals surface area (Å²) < 4.78 is 12.9. The summed E-state index contributed by atoms with van der Waals surface area (Å²) in [6, 6.07) is 7.60. The number of β-amino-alcohol motifs (C(OH)–C–C–N with tert-alkyl or cyclic N) is 1. The number of amides is 1. The Balaban J connectivity index is 1.68. The molecule has 1 saturated heterocycles. The van der Waals surface area contributed by atoms with Crippen LogP contribution in [0.2, 0.25) is 0 Å². The number of rotatable bonds is 4. The standard InChI is InChI=1S/C18H23N3O4/c1-14-3-5-15(6-4-14)25-13-18(23)11-21(9-10-24-12-18)17(22)16-19-7-8-20(16)2/h3-8,23H,9-13H2,1-2H3/t18-/m1/s1. The number of aromatic nitrogens is 2. The van der Waals surface area contributed by atoms with E-state index in [0.717, 1.165) is 5.56 Å². The van der Waals surface area contributed by atoms with Crippen LogP contribution in [-0.4, -0.2) is 64.0 Å². The first-order valence-electron chi connectivity index (χ1n) is 8.23. The lowest BCUT2D eigenvalue weighted by Gasteiger charge is -2.30. The van der Waals surface area contributed by atoms with Crippen molar-refractivity contribution >= 4 is 5.91 Å². The van der Waals surface area contributed by atoms with Crippen LogP contribution in [-0.2, 0) is 11.8 Å². The number of nitrogens with zero attached hydrogens (tertiary/aromatic N) is 3. The van der Waals surface area contributed by atoms with E-state index in [-0.39, 0.29) is 25.7 Å². The highest BCUT2D eigenvalue weighted by molar-refractivity contribution is 5.90. The number of aliphatic hydroxyl groups is 1. The van der Waals surface area contributed by atoms with Gasteiger partial charge in [-0.1, -0.05) is 17.7 Å². The molecule has 7 heteroatoms. The quantitative estimate of drug-likeness (QED) is 0.895. The second-order valence-corrected chi connectivity index (χ2v) is 6.47. The van der Waals surface area contributed by atoms with Gasteiger partial charge in [0.1, 0.15) is 18.0 Å². The molecule has 0 aliphatic carbocycles. The van der Waals surface area contributed by atoms with Crippen LogP contribution in [0.15, 0.2) is 36.7 Å². The van der Waals surface area contributed by atoms with Crippen LogP contribution in [0.25, 0.3) is 0 Å². The minimum Gasteiger partial charge on any atom is -0.490 e. The maximum Gasteiger partial charge on any atom is 0.290 e. The summed E-state index contributed by atoms with van der Waals surface area (Å²) in [4.78, 5) is 18.3. The lowest BCUT2D eigenvalue weighted by atomic mass is 10.1. The Morgan fingerprint density at radius 1 is 1.40 bits per heavy atom. The molecule has 3 rings (SSSR count). The number of hydrogen-bond donors (Lipinski definition) is 1. The highest BCUT2D eigenvalue weighted by Crippen LogP contribution is 2.18. The lowest BCUT2D eigenvalue weighted by molar-refractivity contribution is -0.0621. The summed E-state index contributed by atoms with van der Waals surface area (Å²) in [6.45, 7) is 3.05. The van der Waals surface area contributed by atoms with E-state index < -0.39 is 5.60 Å². The number of benzene rings is 1. The average Bonchev–Trinajstić information content (AvgIpc) is 2.92. The number of ether oxygens (including phenoxy) is 2. The van der Waals surface area contributed by atoms with Gasteiger partial charge in [0.05, 0.1) is 19.8 Å². The number of carbonyl (C=O) groups excluding carboxylic acids is 1. The van der Waals surface area contributed by atoms with Crippen LogP contribution in [0.4, 0.5) is 0 Å². The molecule has 1 aromatic carbocycles. The predicted octanol–water partition coefficient (Wildman–Crippen LogP) is 1.01. The summed E-state index contributed by atoms with van der Waals surface area (Å²) in [7, 11) is 1.77. The van der Waals surface area contributed by atoms with E-state index in [1.807, 2.05) is 31.2 Å². The highest BCUT2D eigenvalue weighted by atomic mass is 16.5. The van der Waals surface area contributed by atoms with Gasteiger partial charge in [-0.15, -0.1) is 0 Å². The lowest BCUT2D eigenvalue weighted by Crippen LogP contribution is -2.50. The van der Waals surface area contributed by atoms with Gasteiger partial charge in [-0.3, -0.25) is 4.79 Å². The third-order valence-electron chi connectivity index (χ3n) is 4.19. The van der Waals surface area contributed by atoms with Crippen LogP contribution in [0.3, 0.4) is 0 Å². The summed E-state index contributed by atoms with van der Waals surface area (Å²) in [5.41, 5.74) is -0.141. The van der Waals surface area contributed by atoms with Gasteiger partial charge in [-0.25, -0.2) is 4.98 Å². The minimum absolute atomic E-state index is 0.0421. The number of hydrogen-bond acceptors (Lipinski definition) is 5. The van der Waals surface area contributed by atoms with Crippen molar-refractivity contribution in [3.8, 4) is 5.75 Å². The molecule has 1 aromatic heterocycles. The fraction of sp³-hybridized carbons (Fsp3) is 0.444. The Kier molecular flexibility index (Phi) is 5.06. The zero-order chi connectivity index (χ0) is 17.9. The van der Waals surface area contributed by atoms with Crippen molar-refractivity contribution in [2.24, 2.45) is 7.05 Å². The Morgan fingerprint density at radius 3 is 2.84 bits per heavy atom. The highest BCUT2D eigenvalue weighted by Gasteiger charge is 2.36. The fourth-order valence-electron chi connectivity index (χ4n) is 2.74. The minimum atomic E-state index is -1.28. The van der Waals surface area contributed by atoms with E-state index in [2.05, 4.69) is 4.98 Å². The molecule has 1 amide bonds. The van der Waals surface area contributed by atoms with Crippen molar-refractivity contribution in [2.45, 2.75) is 12.5 Å². The molecule has 1 N–H and O–H groups in total. The Bertz CT molecular complexity index is 728. The van der Waals surface area contributed by atoms with Crippen molar-refractivity contribution < 1.29 is 19.4 Å². The van der Waals surface area contributed by atoms with Crippen molar-refractivity contribution in [3.63, 3.8) is 0 Å². The second-order valence-electron chi connectivity index (χ2n) is 6.47. The van der Waals surface area contributed by atoms with Gasteiger partial charge in [0.2, 0.25) is 0 Å². The summed E-state index contributed by atoms with van der Waals surface area (Å²) >= 11 is 0. The van der Waals surface area contributed by atoms with Gasteiger partial charge in [0.25, 0.3) is 5.91 Å². The largest absolute Gasteiger partial charge is 0.490 e. The maximum absolute atomic E-state index is 12.7. The fourth-order valence-corrected chi connectivity index (χ4v) is 2.74. The van der Waals surface area contributed by atoms with Crippen LogP contribution in [0, 0.1) is 6.92 Å². The third kappa shape index (κ3) is 4.18. The van der Waals surface area contributed by atoms with Crippen molar-refractivity contribution in [1.29, 1.82) is 0 Å². The Morgan fingerprint density at radius 2 is 2.16 bits per heavy atom. The SMILES string of the molecule is Cc1ccc(OC[C@]2(O)COCCN(C(=O)c3nccn3C)C2)cc1. The normalized spacial score (nSPS) is 21.0. The van der Waals surface area contributed by atoms with Crippen LogP contribution >= 0.6 is 0 Å². The number of aryl methyl sites for hydroxylation is 2. The first-order valence-corrected chi connectivity index (χ1v) is 8.23. The van der Waals surface area contributed by atoms with Gasteiger partial charge in [-0.05, 0) is 19.1 Å². The average molecular weight is 345 g/mol. The monoisotopic (exact) mass is 345 g/mol. The molecular weight excluding hydrogens is 322 g/mol. The van der Waals surface area contributed by atoms with Gasteiger partial charge >= 0.3 is 0 Å². The van der Waals surface area contributed by atoms with E-state index in [0.29, 0.717) is 24.7 Å². The van der Waals surface area contributed by atoms with Crippen LogP contribution in [0.1, 0.15) is 16.2 Å². The van der Waals surface area contributed by atoms with Crippen LogP contribution in [0.5, 0.6) is 5.75 Å². The van der Waals surface area contributed by atoms with E-state index >= 15 is 0 Å². The van der Waals surface area contributed by atoms with Crippen LogP contribution < -0.4 is 4.74 Å². The van der Waals surface area contributed by atoms with Crippen molar-refractivity contribution in [3.05, 3.63) is 48.0 Å². The molecule has 1 atom stereocenters. The molecule has 0 saturated carbocycles.